The van der Waals surface area contributed by atoms with Crippen LogP contribution in [0.2, 0.25) is 0 Å². The van der Waals surface area contributed by atoms with E-state index in [-0.39, 0.29) is 11.8 Å². The Kier molecular flexibility index (Phi) is 3.51. The lowest BCUT2D eigenvalue weighted by molar-refractivity contribution is -0.115. The number of nitrogens with one attached hydrogen (secondary N) is 2. The van der Waals surface area contributed by atoms with Gasteiger partial charge < -0.3 is 10.6 Å². The second kappa shape index (κ2) is 5.33. The van der Waals surface area contributed by atoms with Crippen LogP contribution in [0.1, 0.15) is 21.5 Å². The van der Waals surface area contributed by atoms with E-state index in [1.807, 2.05) is 31.2 Å². The van der Waals surface area contributed by atoms with Gasteiger partial charge in [0.2, 0.25) is 5.91 Å². The molecular formula is C16H13BrN2O2. The fourth-order valence-corrected chi connectivity index (χ4v) is 2.61. The lowest BCUT2D eigenvalue weighted by Gasteiger charge is -2.08. The molecule has 0 saturated heterocycles. The van der Waals surface area contributed by atoms with Gasteiger partial charge in [0.25, 0.3) is 5.91 Å². The zero-order valence-electron chi connectivity index (χ0n) is 11.4. The van der Waals surface area contributed by atoms with Gasteiger partial charge in [-0.05, 0) is 42.3 Å². The number of benzene rings is 2. The SMILES string of the molecule is Cc1ccc(NC(=O)c2ccc3c(c2)NC(=O)C3)cc1Br. The van der Waals surface area contributed by atoms with Gasteiger partial charge in [-0.25, -0.2) is 0 Å². The Bertz CT molecular complexity index is 756. The van der Waals surface area contributed by atoms with Crippen LogP contribution in [0.15, 0.2) is 40.9 Å². The number of carbonyl (C=O) groups excluding carboxylic acids is 2. The van der Waals surface area contributed by atoms with E-state index in [9.17, 15) is 9.59 Å². The fraction of sp³-hybridized carbons (Fsp3) is 0.125. The highest BCUT2D eigenvalue weighted by atomic mass is 79.9. The third kappa shape index (κ3) is 2.83. The van der Waals surface area contributed by atoms with Crippen LogP contribution in [0, 0.1) is 6.92 Å². The van der Waals surface area contributed by atoms with Crippen LogP contribution in [0.3, 0.4) is 0 Å². The first-order valence-electron chi connectivity index (χ1n) is 6.53. The molecule has 1 heterocycles. The van der Waals surface area contributed by atoms with Gasteiger partial charge in [-0.3, -0.25) is 9.59 Å². The molecule has 0 unspecified atom stereocenters. The Morgan fingerprint density at radius 1 is 1.24 bits per heavy atom. The Morgan fingerprint density at radius 3 is 2.81 bits per heavy atom. The summed E-state index contributed by atoms with van der Waals surface area (Å²) in [6.07, 6.45) is 0.377. The first kappa shape index (κ1) is 13.8. The first-order valence-corrected chi connectivity index (χ1v) is 7.32. The molecule has 21 heavy (non-hydrogen) atoms. The average Bonchev–Trinajstić information content (AvgIpc) is 2.82. The summed E-state index contributed by atoms with van der Waals surface area (Å²) in [6.45, 7) is 1.98. The van der Waals surface area contributed by atoms with Crippen LogP contribution >= 0.6 is 15.9 Å². The first-order chi connectivity index (χ1) is 10.0. The molecule has 1 aliphatic heterocycles. The summed E-state index contributed by atoms with van der Waals surface area (Å²) in [5.41, 5.74) is 4.00. The number of halogens is 1. The Hall–Kier alpha value is -2.14. The van der Waals surface area contributed by atoms with Crippen molar-refractivity contribution in [1.29, 1.82) is 0 Å². The summed E-state index contributed by atoms with van der Waals surface area (Å²) in [4.78, 5) is 23.6. The highest BCUT2D eigenvalue weighted by Crippen LogP contribution is 2.25. The molecule has 2 amide bonds. The molecule has 3 rings (SSSR count). The van der Waals surface area contributed by atoms with Crippen LogP contribution in [0.25, 0.3) is 0 Å². The van der Waals surface area contributed by atoms with Crippen LogP contribution in [0.5, 0.6) is 0 Å². The molecule has 2 N–H and O–H groups in total. The van der Waals surface area contributed by atoms with Gasteiger partial charge in [0, 0.05) is 21.4 Å². The molecule has 2 aromatic rings. The van der Waals surface area contributed by atoms with Crippen molar-refractivity contribution in [3.63, 3.8) is 0 Å². The van der Waals surface area contributed by atoms with Gasteiger partial charge in [0.1, 0.15) is 0 Å². The van der Waals surface area contributed by atoms with Crippen molar-refractivity contribution in [1.82, 2.24) is 0 Å². The van der Waals surface area contributed by atoms with Gasteiger partial charge >= 0.3 is 0 Å². The van der Waals surface area contributed by atoms with Crippen molar-refractivity contribution in [2.24, 2.45) is 0 Å². The quantitative estimate of drug-likeness (QED) is 0.875. The Balaban J connectivity index is 1.81. The molecule has 0 atom stereocenters. The standard InChI is InChI=1S/C16H13BrN2O2/c1-9-2-5-12(8-13(9)17)18-16(21)11-4-3-10-7-15(20)19-14(10)6-11/h2-6,8H,7H2,1H3,(H,18,21)(H,19,20). The number of fused-ring (bicyclic) bond motifs is 1. The lowest BCUT2D eigenvalue weighted by Crippen LogP contribution is -2.12. The fourth-order valence-electron chi connectivity index (χ4n) is 2.23. The average molecular weight is 345 g/mol. The summed E-state index contributed by atoms with van der Waals surface area (Å²) in [5, 5.41) is 5.59. The van der Waals surface area contributed by atoms with E-state index in [0.29, 0.717) is 12.0 Å². The van der Waals surface area contributed by atoms with Gasteiger partial charge in [-0.1, -0.05) is 28.1 Å². The Labute approximate surface area is 130 Å². The zero-order chi connectivity index (χ0) is 15.0. The molecule has 0 radical (unpaired) electrons. The molecule has 5 heteroatoms. The molecular weight excluding hydrogens is 332 g/mol. The molecule has 0 bridgehead atoms. The highest BCUT2D eigenvalue weighted by molar-refractivity contribution is 9.10. The normalized spacial score (nSPS) is 12.8. The smallest absolute Gasteiger partial charge is 0.255 e. The second-order valence-electron chi connectivity index (χ2n) is 5.01. The monoisotopic (exact) mass is 344 g/mol. The number of hydrogen-bond acceptors (Lipinski definition) is 2. The molecule has 0 fully saturated rings. The molecule has 0 aromatic heterocycles. The van der Waals surface area contributed by atoms with Crippen molar-refractivity contribution in [3.8, 4) is 0 Å². The third-order valence-electron chi connectivity index (χ3n) is 3.43. The van der Waals surface area contributed by atoms with Gasteiger partial charge in [0.05, 0.1) is 6.42 Å². The number of rotatable bonds is 2. The van der Waals surface area contributed by atoms with E-state index in [1.165, 1.54) is 0 Å². The Morgan fingerprint density at radius 2 is 2.05 bits per heavy atom. The van der Waals surface area contributed by atoms with E-state index in [1.54, 1.807) is 12.1 Å². The summed E-state index contributed by atoms with van der Waals surface area (Å²) < 4.78 is 0.946. The van der Waals surface area contributed by atoms with Crippen molar-refractivity contribution in [2.75, 3.05) is 10.6 Å². The van der Waals surface area contributed by atoms with Gasteiger partial charge in [-0.15, -0.1) is 0 Å². The summed E-state index contributed by atoms with van der Waals surface area (Å²) >= 11 is 3.44. The zero-order valence-corrected chi connectivity index (χ0v) is 13.0. The van der Waals surface area contributed by atoms with Crippen molar-refractivity contribution >= 4 is 39.1 Å². The highest BCUT2D eigenvalue weighted by Gasteiger charge is 2.19. The van der Waals surface area contributed by atoms with E-state index in [0.717, 1.165) is 27.0 Å². The summed E-state index contributed by atoms with van der Waals surface area (Å²) in [7, 11) is 0. The van der Waals surface area contributed by atoms with Crippen molar-refractivity contribution in [2.45, 2.75) is 13.3 Å². The minimum Gasteiger partial charge on any atom is -0.326 e. The topological polar surface area (TPSA) is 58.2 Å². The van der Waals surface area contributed by atoms with Crippen molar-refractivity contribution in [3.05, 3.63) is 57.6 Å². The number of anilines is 2. The van der Waals surface area contributed by atoms with Gasteiger partial charge in [0.15, 0.2) is 0 Å². The number of amides is 2. The van der Waals surface area contributed by atoms with E-state index in [2.05, 4.69) is 26.6 Å². The minimum absolute atomic E-state index is 0.0370. The van der Waals surface area contributed by atoms with Crippen LogP contribution in [-0.2, 0) is 11.2 Å². The second-order valence-corrected chi connectivity index (χ2v) is 5.87. The predicted molar refractivity (Wildman–Crippen MR) is 85.6 cm³/mol. The molecule has 106 valence electrons. The maximum absolute atomic E-state index is 12.3. The van der Waals surface area contributed by atoms with Gasteiger partial charge in [-0.2, -0.15) is 0 Å². The maximum Gasteiger partial charge on any atom is 0.255 e. The molecule has 4 nitrogen and oxygen atoms in total. The van der Waals surface area contributed by atoms with Crippen molar-refractivity contribution < 1.29 is 9.59 Å². The summed E-state index contributed by atoms with van der Waals surface area (Å²) in [6, 6.07) is 10.9. The molecule has 0 aliphatic carbocycles. The van der Waals surface area contributed by atoms with E-state index >= 15 is 0 Å². The minimum atomic E-state index is -0.199. The number of carbonyl (C=O) groups is 2. The van der Waals surface area contributed by atoms with Crippen LogP contribution in [0.4, 0.5) is 11.4 Å². The summed E-state index contributed by atoms with van der Waals surface area (Å²) in [5.74, 6) is -0.236. The number of hydrogen-bond donors (Lipinski definition) is 2. The maximum atomic E-state index is 12.3. The largest absolute Gasteiger partial charge is 0.326 e. The predicted octanol–water partition coefficient (Wildman–Crippen LogP) is 3.50. The van der Waals surface area contributed by atoms with Crippen LogP contribution < -0.4 is 10.6 Å². The molecule has 1 aliphatic rings. The lowest BCUT2D eigenvalue weighted by atomic mass is 10.1. The van der Waals surface area contributed by atoms with E-state index in [4.69, 9.17) is 0 Å². The van der Waals surface area contributed by atoms with E-state index < -0.39 is 0 Å². The molecule has 0 spiro atoms. The molecule has 0 saturated carbocycles. The third-order valence-corrected chi connectivity index (χ3v) is 4.28. The molecule has 2 aromatic carbocycles. The number of aryl methyl sites for hydroxylation is 1. The van der Waals surface area contributed by atoms with Crippen LogP contribution in [-0.4, -0.2) is 11.8 Å².